The molecule has 18 nitrogen and oxygen atoms in total. The molecule has 5 fully saturated rings. The van der Waals surface area contributed by atoms with E-state index in [2.05, 4.69) is 205 Å². The molecule has 498 valence electrons. The second kappa shape index (κ2) is 30.2. The molecule has 3 saturated carbocycles. The summed E-state index contributed by atoms with van der Waals surface area (Å²) in [6.45, 7) is 25.5. The Morgan fingerprint density at radius 2 is 0.979 bits per heavy atom. The zero-order valence-electron chi connectivity index (χ0n) is 55.2. The number of hydrogen-bond acceptors (Lipinski definition) is 15. The highest BCUT2D eigenvalue weighted by atomic mass is 79.9. The van der Waals surface area contributed by atoms with Gasteiger partial charge in [0.15, 0.2) is 28.1 Å². The lowest BCUT2D eigenvalue weighted by atomic mass is 9.71. The quantitative estimate of drug-likeness (QED) is 0.0468. The molecule has 23 heteroatoms. The Labute approximate surface area is 598 Å². The summed E-state index contributed by atoms with van der Waals surface area (Å²) in [5.41, 5.74) is 9.43. The fraction of sp³-hybridized carbons (Fsp3) is 0.356. The largest absolute Gasteiger partial charge is 0.371 e. The van der Waals surface area contributed by atoms with Crippen LogP contribution in [0.15, 0.2) is 193 Å². The number of rotatable bonds is 14. The molecule has 11 heterocycles. The SMILES string of the molecule is Brc1cccc(Br)n1.C=C(C)c1cccc(Br)n1.C=CCn1c(=O)c2cnc(Nc3ccc(N4CCC5(CCN(C)CC5)CC4)cc3)nc2n1-c1cccc(C2(C)CC2)n1.C=CCn1c(=O)c2cnc(SC)nc2n1-c1cccc(C2(C)CC2)n1.CC1(c2cccc(Br)n2)CC1. The first kappa shape index (κ1) is 70.1. The van der Waals surface area contributed by atoms with Crippen LogP contribution in [-0.2, 0) is 29.3 Å². The zero-order chi connectivity index (χ0) is 67.9. The number of benzene rings is 1. The highest BCUT2D eigenvalue weighted by molar-refractivity contribution is 9.11. The smallest absolute Gasteiger partial charge is 0.278 e. The van der Waals surface area contributed by atoms with Crippen molar-refractivity contribution in [1.29, 1.82) is 0 Å². The minimum atomic E-state index is -0.158. The summed E-state index contributed by atoms with van der Waals surface area (Å²) in [4.78, 5) is 71.6. The number of anilines is 3. The van der Waals surface area contributed by atoms with Gasteiger partial charge in [-0.25, -0.2) is 58.6 Å². The van der Waals surface area contributed by atoms with Gasteiger partial charge in [0, 0.05) is 70.2 Å². The van der Waals surface area contributed by atoms with Crippen molar-refractivity contribution in [3.05, 3.63) is 221 Å². The molecule has 2 saturated heterocycles. The lowest BCUT2D eigenvalue weighted by molar-refractivity contribution is 0.0945. The van der Waals surface area contributed by atoms with E-state index in [4.69, 9.17) is 15.0 Å². The van der Waals surface area contributed by atoms with Crippen LogP contribution >= 0.6 is 75.5 Å². The number of nitrogens with one attached hydrogen (secondary N) is 1. The van der Waals surface area contributed by atoms with Gasteiger partial charge in [0.25, 0.3) is 11.1 Å². The van der Waals surface area contributed by atoms with E-state index < -0.39 is 0 Å². The van der Waals surface area contributed by atoms with E-state index >= 15 is 0 Å². The summed E-state index contributed by atoms with van der Waals surface area (Å²) in [5, 5.41) is 4.92. The molecule has 0 atom stereocenters. The lowest BCUT2D eigenvalue weighted by Crippen LogP contribution is -2.46. The van der Waals surface area contributed by atoms with Gasteiger partial charge in [-0.15, -0.1) is 13.2 Å². The third-order valence-electron chi connectivity index (χ3n) is 18.8. The molecule has 0 amide bonds. The van der Waals surface area contributed by atoms with Crippen LogP contribution in [0, 0.1) is 5.41 Å². The van der Waals surface area contributed by atoms with Crippen LogP contribution in [-0.4, -0.2) is 108 Å². The van der Waals surface area contributed by atoms with Crippen LogP contribution in [0.4, 0.5) is 17.3 Å². The summed E-state index contributed by atoms with van der Waals surface area (Å²) in [6.07, 6.45) is 20.9. The maximum atomic E-state index is 13.3. The number of thioether (sulfide) groups is 1. The first-order chi connectivity index (χ1) is 46.1. The van der Waals surface area contributed by atoms with E-state index in [0.29, 0.717) is 68.7 Å². The van der Waals surface area contributed by atoms with Crippen LogP contribution in [0.25, 0.3) is 39.3 Å². The summed E-state index contributed by atoms with van der Waals surface area (Å²) >= 11 is 14.5. The van der Waals surface area contributed by atoms with Gasteiger partial charge < -0.3 is 15.1 Å². The second-order valence-electron chi connectivity index (χ2n) is 26.2. The molecule has 1 aromatic carbocycles. The maximum absolute atomic E-state index is 13.3. The average molecular weight is 1570 g/mol. The second-order valence-corrected chi connectivity index (χ2v) is 30.2. The van der Waals surface area contributed by atoms with Crippen molar-refractivity contribution in [2.24, 2.45) is 5.41 Å². The predicted molar refractivity (Wildman–Crippen MR) is 402 cm³/mol. The molecule has 10 aromatic rings. The van der Waals surface area contributed by atoms with Crippen molar-refractivity contribution in [2.75, 3.05) is 49.7 Å². The Balaban J connectivity index is 0.000000144. The molecular formula is C73H80Br4N16O2S. The highest BCUT2D eigenvalue weighted by Gasteiger charge is 2.43. The Bertz CT molecular complexity index is 4560. The number of nitrogens with zero attached hydrogens (tertiary/aromatic N) is 15. The molecule has 1 N–H and O–H groups in total. The summed E-state index contributed by atoms with van der Waals surface area (Å²) in [7, 11) is 2.24. The van der Waals surface area contributed by atoms with E-state index in [9.17, 15) is 9.59 Å². The lowest BCUT2D eigenvalue weighted by Gasteiger charge is -2.46. The minimum Gasteiger partial charge on any atom is -0.371 e. The van der Waals surface area contributed by atoms with E-state index in [1.165, 1.54) is 74.8 Å². The first-order valence-electron chi connectivity index (χ1n) is 32.3. The van der Waals surface area contributed by atoms with E-state index in [-0.39, 0.29) is 21.9 Å². The highest BCUT2D eigenvalue weighted by Crippen LogP contribution is 2.49. The summed E-state index contributed by atoms with van der Waals surface area (Å²) in [6, 6.07) is 38.1. The van der Waals surface area contributed by atoms with E-state index in [0.717, 1.165) is 85.5 Å². The molecule has 2 aliphatic heterocycles. The third kappa shape index (κ3) is 16.6. The number of halogens is 4. The summed E-state index contributed by atoms with van der Waals surface area (Å²) < 4.78 is 10.3. The van der Waals surface area contributed by atoms with Gasteiger partial charge in [-0.2, -0.15) is 4.98 Å². The molecule has 9 aromatic heterocycles. The van der Waals surface area contributed by atoms with Crippen molar-refractivity contribution in [3.8, 4) is 11.6 Å². The number of pyridine rings is 5. The Hall–Kier alpha value is -7.28. The standard InChI is InChI=1S/C33H40N8O.C18H19N5OS.C9H10BrN.C8H8BrN.C5H3Br2N/c1-4-18-40-30(42)26-23-34-31(37-29(26)41(40)28-7-5-6-27(36-28)32(2)12-13-32)35-24-8-10-25(11-9-24)39-21-16-33(17-22-39)14-19-38(3)20-15-33;1-4-10-22-16(24)12-11-19-17(25-3)21-15(12)23(22)14-7-5-6-13(20-14)18(2)8-9-18;1-9(5-6-9)7-3-2-4-8(10)11-7;1-6(2)7-4-3-5-8(9)10-7;6-4-2-1-3-5(7)8-4/h4-11,23H,1,12-22H2,2-3H3,(H,34,35,37);4-7,11H,1,8-10H2,2-3H3;2-4H,5-6H2,1H3;3-5H,1H2,2H3;1-3H. The molecule has 0 bridgehead atoms. The zero-order valence-corrected chi connectivity index (χ0v) is 62.3. The molecule has 96 heavy (non-hydrogen) atoms. The van der Waals surface area contributed by atoms with Crippen LogP contribution in [0.2, 0.25) is 0 Å². The Morgan fingerprint density at radius 3 is 1.42 bits per heavy atom. The van der Waals surface area contributed by atoms with Gasteiger partial charge in [0.05, 0.1) is 18.8 Å². The molecule has 5 aliphatic rings. The van der Waals surface area contributed by atoms with Gasteiger partial charge in [-0.05, 0) is 257 Å². The van der Waals surface area contributed by atoms with Gasteiger partial charge in [0.1, 0.15) is 29.2 Å². The molecule has 15 rings (SSSR count). The summed E-state index contributed by atoms with van der Waals surface area (Å²) in [5.74, 6) is 1.81. The average Bonchev–Trinajstić information content (AvgIpc) is 1.60. The van der Waals surface area contributed by atoms with Crippen molar-refractivity contribution >= 4 is 120 Å². The fourth-order valence-electron chi connectivity index (χ4n) is 11.8. The van der Waals surface area contributed by atoms with Gasteiger partial charge in [-0.1, -0.05) is 81.6 Å². The molecule has 1 spiro atoms. The van der Waals surface area contributed by atoms with Crippen LogP contribution in [0.5, 0.6) is 0 Å². The van der Waals surface area contributed by atoms with E-state index in [1.54, 1.807) is 43.3 Å². The van der Waals surface area contributed by atoms with Gasteiger partial charge in [0.2, 0.25) is 5.95 Å². The number of hydrogen-bond donors (Lipinski definition) is 1. The minimum absolute atomic E-state index is 0.110. The fourth-order valence-corrected chi connectivity index (χ4v) is 13.8. The maximum Gasteiger partial charge on any atom is 0.278 e. The van der Waals surface area contributed by atoms with Gasteiger partial charge >= 0.3 is 0 Å². The topological polar surface area (TPSA) is 188 Å². The molecule has 0 radical (unpaired) electrons. The monoisotopic (exact) mass is 1560 g/mol. The van der Waals surface area contributed by atoms with Crippen LogP contribution in [0.3, 0.4) is 0 Å². The predicted octanol–water partition coefficient (Wildman–Crippen LogP) is 16.6. The van der Waals surface area contributed by atoms with Crippen molar-refractivity contribution in [3.63, 3.8) is 0 Å². The van der Waals surface area contributed by atoms with Crippen LogP contribution < -0.4 is 21.3 Å². The first-order valence-corrected chi connectivity index (χ1v) is 36.7. The number of fused-ring (bicyclic) bond motifs is 2. The van der Waals surface area contributed by atoms with Crippen molar-refractivity contribution in [1.82, 2.24) is 68.5 Å². The number of likely N-dealkylation sites (tertiary alicyclic amines) is 1. The number of piperidine rings is 2. The normalized spacial score (nSPS) is 16.7. The van der Waals surface area contributed by atoms with Crippen molar-refractivity contribution < 1.29 is 0 Å². The van der Waals surface area contributed by atoms with Gasteiger partial charge in [-0.3, -0.25) is 9.59 Å². The van der Waals surface area contributed by atoms with Crippen molar-refractivity contribution in [2.45, 2.75) is 126 Å². The molecule has 3 aliphatic carbocycles. The Kier molecular flexibility index (Phi) is 22.1. The Morgan fingerprint density at radius 1 is 0.542 bits per heavy atom. The van der Waals surface area contributed by atoms with E-state index in [1.807, 2.05) is 79.9 Å². The molecule has 0 unspecified atom stereocenters. The molecular weight excluding hydrogens is 1480 g/mol. The third-order valence-corrected chi connectivity index (χ3v) is 21.1. The number of allylic oxidation sites excluding steroid dienone is 3. The van der Waals surface area contributed by atoms with Crippen LogP contribution in [0.1, 0.15) is 115 Å². The number of aromatic nitrogens is 13.